The summed E-state index contributed by atoms with van der Waals surface area (Å²) in [4.78, 5) is 4.58. The van der Waals surface area contributed by atoms with Crippen molar-refractivity contribution in [3.05, 3.63) is 11.7 Å². The van der Waals surface area contributed by atoms with E-state index >= 15 is 0 Å². The van der Waals surface area contributed by atoms with Gasteiger partial charge in [0.25, 0.3) is 0 Å². The standard InChI is InChI=1S/C14H25N3O/c1-4-12(15-5-2)9-13-16-14(17-18-13)11-7-6-10(3)8-11/h10-12,15H,4-9H2,1-3H3. The molecule has 1 aliphatic rings. The molecule has 0 bridgehead atoms. The molecule has 0 radical (unpaired) electrons. The molecule has 1 aromatic heterocycles. The minimum atomic E-state index is 0.450. The zero-order valence-electron chi connectivity index (χ0n) is 11.8. The Bertz CT molecular complexity index is 364. The van der Waals surface area contributed by atoms with Crippen LogP contribution in [0.4, 0.5) is 0 Å². The zero-order valence-corrected chi connectivity index (χ0v) is 11.8. The lowest BCUT2D eigenvalue weighted by Crippen LogP contribution is -2.30. The Labute approximate surface area is 110 Å². The molecule has 4 nitrogen and oxygen atoms in total. The highest BCUT2D eigenvalue weighted by Crippen LogP contribution is 2.36. The molecule has 18 heavy (non-hydrogen) atoms. The van der Waals surface area contributed by atoms with Gasteiger partial charge in [0, 0.05) is 18.4 Å². The molecule has 102 valence electrons. The summed E-state index contributed by atoms with van der Waals surface area (Å²) < 4.78 is 5.39. The third kappa shape index (κ3) is 3.31. The van der Waals surface area contributed by atoms with E-state index in [2.05, 4.69) is 36.2 Å². The lowest BCUT2D eigenvalue weighted by molar-refractivity contribution is 0.349. The molecule has 4 heteroatoms. The molecule has 3 atom stereocenters. The van der Waals surface area contributed by atoms with Crippen molar-refractivity contribution in [1.82, 2.24) is 15.5 Å². The van der Waals surface area contributed by atoms with Crippen molar-refractivity contribution in [2.45, 2.75) is 64.8 Å². The Morgan fingerprint density at radius 2 is 2.22 bits per heavy atom. The summed E-state index contributed by atoms with van der Waals surface area (Å²) in [5, 5.41) is 7.61. The first-order valence-electron chi connectivity index (χ1n) is 7.28. The number of hydrogen-bond acceptors (Lipinski definition) is 4. The fourth-order valence-corrected chi connectivity index (χ4v) is 2.82. The van der Waals surface area contributed by atoms with Gasteiger partial charge < -0.3 is 9.84 Å². The van der Waals surface area contributed by atoms with Crippen molar-refractivity contribution in [3.8, 4) is 0 Å². The lowest BCUT2D eigenvalue weighted by atomic mass is 10.1. The molecule has 2 rings (SSSR count). The molecule has 3 unspecified atom stereocenters. The number of hydrogen-bond donors (Lipinski definition) is 1. The van der Waals surface area contributed by atoms with Crippen LogP contribution in [-0.4, -0.2) is 22.7 Å². The first-order valence-corrected chi connectivity index (χ1v) is 7.28. The summed E-state index contributed by atoms with van der Waals surface area (Å²) in [7, 11) is 0. The predicted octanol–water partition coefficient (Wildman–Crippen LogP) is 2.90. The quantitative estimate of drug-likeness (QED) is 0.844. The molecule has 1 aliphatic carbocycles. The molecule has 1 aromatic rings. The Hall–Kier alpha value is -0.900. The normalized spacial score (nSPS) is 25.5. The molecule has 1 heterocycles. The monoisotopic (exact) mass is 251 g/mol. The van der Waals surface area contributed by atoms with E-state index < -0.39 is 0 Å². The fourth-order valence-electron chi connectivity index (χ4n) is 2.82. The van der Waals surface area contributed by atoms with Crippen LogP contribution in [0.2, 0.25) is 0 Å². The number of rotatable bonds is 6. The van der Waals surface area contributed by atoms with Crippen molar-refractivity contribution in [3.63, 3.8) is 0 Å². The minimum Gasteiger partial charge on any atom is -0.339 e. The van der Waals surface area contributed by atoms with Gasteiger partial charge in [-0.25, -0.2) is 0 Å². The second-order valence-electron chi connectivity index (χ2n) is 5.53. The van der Waals surface area contributed by atoms with Crippen LogP contribution in [-0.2, 0) is 6.42 Å². The van der Waals surface area contributed by atoms with Crippen molar-refractivity contribution >= 4 is 0 Å². The lowest BCUT2D eigenvalue weighted by Gasteiger charge is -2.12. The summed E-state index contributed by atoms with van der Waals surface area (Å²) in [6.07, 6.45) is 5.66. The van der Waals surface area contributed by atoms with E-state index in [9.17, 15) is 0 Å². The summed E-state index contributed by atoms with van der Waals surface area (Å²) in [6, 6.07) is 0.450. The number of nitrogens with one attached hydrogen (secondary N) is 1. The largest absolute Gasteiger partial charge is 0.339 e. The summed E-state index contributed by atoms with van der Waals surface area (Å²) in [5.74, 6) is 3.05. The SMILES string of the molecule is CCNC(CC)Cc1nc(C2CCC(C)C2)no1. The van der Waals surface area contributed by atoms with E-state index in [0.29, 0.717) is 12.0 Å². The average molecular weight is 251 g/mol. The summed E-state index contributed by atoms with van der Waals surface area (Å²) in [6.45, 7) is 7.60. The third-order valence-corrected chi connectivity index (χ3v) is 3.95. The highest BCUT2D eigenvalue weighted by atomic mass is 16.5. The van der Waals surface area contributed by atoms with E-state index in [1.54, 1.807) is 0 Å². The Morgan fingerprint density at radius 3 is 2.83 bits per heavy atom. The van der Waals surface area contributed by atoms with Crippen LogP contribution in [0, 0.1) is 5.92 Å². The van der Waals surface area contributed by atoms with E-state index in [0.717, 1.165) is 37.0 Å². The maximum atomic E-state index is 5.39. The molecule has 0 amide bonds. The molecular weight excluding hydrogens is 226 g/mol. The molecule has 1 saturated carbocycles. The van der Waals surface area contributed by atoms with Crippen LogP contribution in [0.3, 0.4) is 0 Å². The zero-order chi connectivity index (χ0) is 13.0. The smallest absolute Gasteiger partial charge is 0.228 e. The first-order chi connectivity index (χ1) is 8.72. The van der Waals surface area contributed by atoms with E-state index in [-0.39, 0.29) is 0 Å². The molecule has 1 N–H and O–H groups in total. The number of aromatic nitrogens is 2. The Morgan fingerprint density at radius 1 is 1.39 bits per heavy atom. The summed E-state index contributed by atoms with van der Waals surface area (Å²) in [5.41, 5.74) is 0. The van der Waals surface area contributed by atoms with Gasteiger partial charge in [0.2, 0.25) is 5.89 Å². The van der Waals surface area contributed by atoms with Crippen LogP contribution in [0.5, 0.6) is 0 Å². The second kappa shape index (κ2) is 6.32. The van der Waals surface area contributed by atoms with Crippen molar-refractivity contribution in [2.24, 2.45) is 5.92 Å². The fraction of sp³-hybridized carbons (Fsp3) is 0.857. The highest BCUT2D eigenvalue weighted by Gasteiger charge is 2.27. The molecule has 0 saturated heterocycles. The van der Waals surface area contributed by atoms with Gasteiger partial charge in [-0.2, -0.15) is 4.98 Å². The van der Waals surface area contributed by atoms with Gasteiger partial charge in [0.15, 0.2) is 5.82 Å². The molecule has 0 spiro atoms. The van der Waals surface area contributed by atoms with Gasteiger partial charge in [0.1, 0.15) is 0 Å². The predicted molar refractivity (Wildman–Crippen MR) is 71.5 cm³/mol. The van der Waals surface area contributed by atoms with Crippen LogP contribution in [0.15, 0.2) is 4.52 Å². The number of nitrogens with zero attached hydrogens (tertiary/aromatic N) is 2. The van der Waals surface area contributed by atoms with Gasteiger partial charge in [-0.3, -0.25) is 0 Å². The molecule has 0 aliphatic heterocycles. The van der Waals surface area contributed by atoms with Crippen molar-refractivity contribution in [2.75, 3.05) is 6.54 Å². The third-order valence-electron chi connectivity index (χ3n) is 3.95. The van der Waals surface area contributed by atoms with Crippen LogP contribution in [0.25, 0.3) is 0 Å². The second-order valence-corrected chi connectivity index (χ2v) is 5.53. The highest BCUT2D eigenvalue weighted by molar-refractivity contribution is 4.99. The number of likely N-dealkylation sites (N-methyl/N-ethyl adjacent to an activating group) is 1. The topological polar surface area (TPSA) is 51.0 Å². The maximum Gasteiger partial charge on any atom is 0.228 e. The average Bonchev–Trinajstić information content (AvgIpc) is 2.97. The molecule has 0 aromatic carbocycles. The van der Waals surface area contributed by atoms with Gasteiger partial charge in [0.05, 0.1) is 0 Å². The van der Waals surface area contributed by atoms with Gasteiger partial charge in [-0.05, 0) is 38.1 Å². The van der Waals surface area contributed by atoms with Gasteiger partial charge >= 0.3 is 0 Å². The van der Waals surface area contributed by atoms with Crippen molar-refractivity contribution in [1.29, 1.82) is 0 Å². The maximum absolute atomic E-state index is 5.39. The van der Waals surface area contributed by atoms with Crippen LogP contribution < -0.4 is 5.32 Å². The molecule has 1 fully saturated rings. The van der Waals surface area contributed by atoms with E-state index in [1.807, 2.05) is 0 Å². The van der Waals surface area contributed by atoms with Crippen LogP contribution in [0.1, 0.15) is 64.1 Å². The van der Waals surface area contributed by atoms with E-state index in [4.69, 9.17) is 4.52 Å². The minimum absolute atomic E-state index is 0.450. The Kier molecular flexibility index (Phi) is 4.75. The molecular formula is C14H25N3O. The van der Waals surface area contributed by atoms with Crippen molar-refractivity contribution < 1.29 is 4.52 Å². The first kappa shape index (κ1) is 13.5. The summed E-state index contributed by atoms with van der Waals surface area (Å²) >= 11 is 0. The Balaban J connectivity index is 1.93. The van der Waals surface area contributed by atoms with Gasteiger partial charge in [-0.15, -0.1) is 0 Å². The van der Waals surface area contributed by atoms with Gasteiger partial charge in [-0.1, -0.05) is 25.9 Å². The van der Waals surface area contributed by atoms with E-state index in [1.165, 1.54) is 19.3 Å². The van der Waals surface area contributed by atoms with Crippen LogP contribution >= 0.6 is 0 Å².